The van der Waals surface area contributed by atoms with Crippen LogP contribution in [0.15, 0.2) is 79.1 Å². The Morgan fingerprint density at radius 3 is 2.29 bits per heavy atom. The van der Waals surface area contributed by atoms with Gasteiger partial charge >= 0.3 is 0 Å². The summed E-state index contributed by atoms with van der Waals surface area (Å²) in [6.45, 7) is 2.06. The largest absolute Gasteiger partial charge is 0.339 e. The first kappa shape index (κ1) is 23.2. The average molecular weight is 457 g/mol. The number of nitrogens with zero attached hydrogens (tertiary/aromatic N) is 3. The summed E-state index contributed by atoms with van der Waals surface area (Å²) in [7, 11) is 0. The number of hydrogen-bond donors (Lipinski definition) is 1. The molecule has 34 heavy (non-hydrogen) atoms. The van der Waals surface area contributed by atoms with E-state index >= 15 is 0 Å². The monoisotopic (exact) mass is 456 g/mol. The molecule has 0 unspecified atom stereocenters. The lowest BCUT2D eigenvalue weighted by Crippen LogP contribution is -2.50. The zero-order valence-electron chi connectivity index (χ0n) is 19.0. The van der Waals surface area contributed by atoms with Gasteiger partial charge in [-0.25, -0.2) is 0 Å². The molecule has 1 fully saturated rings. The second kappa shape index (κ2) is 11.2. The SMILES string of the molecule is O=C(Nc1cccc(C(=O)N2CCN(C(=O)CCCc3ccccc3)CC2)c1)c1cccnc1. The van der Waals surface area contributed by atoms with Crippen molar-refractivity contribution in [3.05, 3.63) is 95.8 Å². The van der Waals surface area contributed by atoms with Crippen LogP contribution in [0, 0.1) is 0 Å². The maximum atomic E-state index is 13.0. The lowest BCUT2D eigenvalue weighted by molar-refractivity contribution is -0.132. The van der Waals surface area contributed by atoms with Crippen molar-refractivity contribution in [3.63, 3.8) is 0 Å². The van der Waals surface area contributed by atoms with Crippen LogP contribution in [0.2, 0.25) is 0 Å². The first-order valence-corrected chi connectivity index (χ1v) is 11.5. The first-order valence-electron chi connectivity index (χ1n) is 11.5. The fourth-order valence-corrected chi connectivity index (χ4v) is 4.02. The van der Waals surface area contributed by atoms with Crippen LogP contribution in [0.3, 0.4) is 0 Å². The highest BCUT2D eigenvalue weighted by Gasteiger charge is 2.24. The fraction of sp³-hybridized carbons (Fsp3) is 0.259. The number of carbonyl (C=O) groups excluding carboxylic acids is 3. The van der Waals surface area contributed by atoms with E-state index in [2.05, 4.69) is 22.4 Å². The normalized spacial score (nSPS) is 13.4. The molecule has 1 saturated heterocycles. The van der Waals surface area contributed by atoms with Crippen LogP contribution >= 0.6 is 0 Å². The van der Waals surface area contributed by atoms with E-state index in [9.17, 15) is 14.4 Å². The van der Waals surface area contributed by atoms with Gasteiger partial charge in [0.05, 0.1) is 5.56 Å². The number of hydrogen-bond acceptors (Lipinski definition) is 4. The van der Waals surface area contributed by atoms with Gasteiger partial charge in [0.15, 0.2) is 0 Å². The van der Waals surface area contributed by atoms with E-state index in [1.54, 1.807) is 47.5 Å². The molecule has 2 heterocycles. The minimum atomic E-state index is -0.280. The second-order valence-electron chi connectivity index (χ2n) is 8.29. The van der Waals surface area contributed by atoms with E-state index in [0.29, 0.717) is 49.4 Å². The molecule has 1 aliphatic rings. The molecule has 7 nitrogen and oxygen atoms in total. The third-order valence-electron chi connectivity index (χ3n) is 5.91. The number of amides is 3. The van der Waals surface area contributed by atoms with E-state index in [4.69, 9.17) is 0 Å². The van der Waals surface area contributed by atoms with Crippen molar-refractivity contribution in [2.24, 2.45) is 0 Å². The molecule has 2 aromatic carbocycles. The minimum Gasteiger partial charge on any atom is -0.339 e. The summed E-state index contributed by atoms with van der Waals surface area (Å²) in [4.78, 5) is 45.5. The van der Waals surface area contributed by atoms with Gasteiger partial charge in [-0.15, -0.1) is 0 Å². The Morgan fingerprint density at radius 2 is 1.56 bits per heavy atom. The number of benzene rings is 2. The van der Waals surface area contributed by atoms with Crippen LogP contribution in [0.25, 0.3) is 0 Å². The summed E-state index contributed by atoms with van der Waals surface area (Å²) in [5.41, 5.74) is 2.74. The maximum Gasteiger partial charge on any atom is 0.257 e. The smallest absolute Gasteiger partial charge is 0.257 e. The highest BCUT2D eigenvalue weighted by atomic mass is 16.2. The van der Waals surface area contributed by atoms with Gasteiger partial charge in [0, 0.05) is 56.2 Å². The number of piperazine rings is 1. The van der Waals surface area contributed by atoms with Crippen LogP contribution in [-0.2, 0) is 11.2 Å². The second-order valence-corrected chi connectivity index (χ2v) is 8.29. The quantitative estimate of drug-likeness (QED) is 0.589. The van der Waals surface area contributed by atoms with Crippen molar-refractivity contribution >= 4 is 23.4 Å². The molecule has 0 atom stereocenters. The molecule has 1 N–H and O–H groups in total. The Bertz CT molecular complexity index is 1130. The third kappa shape index (κ3) is 6.07. The summed E-state index contributed by atoms with van der Waals surface area (Å²) in [6, 6.07) is 20.5. The summed E-state index contributed by atoms with van der Waals surface area (Å²) in [5.74, 6) is -0.242. The molecule has 0 aliphatic carbocycles. The number of anilines is 1. The molecular weight excluding hydrogens is 428 g/mol. The highest BCUT2D eigenvalue weighted by Crippen LogP contribution is 2.16. The Morgan fingerprint density at radius 1 is 0.824 bits per heavy atom. The molecule has 0 spiro atoms. The van der Waals surface area contributed by atoms with Crippen molar-refractivity contribution in [1.82, 2.24) is 14.8 Å². The number of nitrogens with one attached hydrogen (secondary N) is 1. The maximum absolute atomic E-state index is 13.0. The molecule has 7 heteroatoms. The molecule has 0 radical (unpaired) electrons. The zero-order chi connectivity index (χ0) is 23.8. The van der Waals surface area contributed by atoms with Gasteiger partial charge in [0.1, 0.15) is 0 Å². The summed E-state index contributed by atoms with van der Waals surface area (Å²) in [6.07, 6.45) is 5.32. The van der Waals surface area contributed by atoms with Crippen molar-refractivity contribution in [1.29, 1.82) is 0 Å². The molecule has 1 aliphatic heterocycles. The summed E-state index contributed by atoms with van der Waals surface area (Å²) >= 11 is 0. The van der Waals surface area contributed by atoms with Crippen LogP contribution < -0.4 is 5.32 Å². The van der Waals surface area contributed by atoms with Crippen molar-refractivity contribution in [3.8, 4) is 0 Å². The molecule has 4 rings (SSSR count). The Balaban J connectivity index is 1.26. The standard InChI is InChI=1S/C27H28N4O3/c32-25(13-4-9-21-7-2-1-3-8-21)30-15-17-31(18-16-30)27(34)22-10-5-12-24(19-22)29-26(33)23-11-6-14-28-20-23/h1-3,5-8,10-12,14,19-20H,4,9,13,15-18H2,(H,29,33). The Kier molecular flexibility index (Phi) is 7.65. The molecule has 0 saturated carbocycles. The van der Waals surface area contributed by atoms with E-state index in [0.717, 1.165) is 12.8 Å². The van der Waals surface area contributed by atoms with Gasteiger partial charge in [-0.2, -0.15) is 0 Å². The van der Waals surface area contributed by atoms with E-state index in [1.807, 2.05) is 23.1 Å². The van der Waals surface area contributed by atoms with Crippen molar-refractivity contribution in [2.45, 2.75) is 19.3 Å². The van der Waals surface area contributed by atoms with Crippen molar-refractivity contribution < 1.29 is 14.4 Å². The number of carbonyl (C=O) groups is 3. The average Bonchev–Trinajstić information content (AvgIpc) is 2.89. The van der Waals surface area contributed by atoms with Gasteiger partial charge in [0.25, 0.3) is 11.8 Å². The number of aryl methyl sites for hydroxylation is 1. The zero-order valence-corrected chi connectivity index (χ0v) is 19.0. The van der Waals surface area contributed by atoms with Gasteiger partial charge in [-0.05, 0) is 48.7 Å². The number of aromatic nitrogens is 1. The van der Waals surface area contributed by atoms with E-state index in [-0.39, 0.29) is 17.7 Å². The van der Waals surface area contributed by atoms with E-state index in [1.165, 1.54) is 11.8 Å². The molecule has 1 aromatic heterocycles. The van der Waals surface area contributed by atoms with Gasteiger partial charge < -0.3 is 15.1 Å². The Labute approximate surface area is 199 Å². The number of rotatable bonds is 7. The predicted octanol–water partition coefficient (Wildman–Crippen LogP) is 3.64. The van der Waals surface area contributed by atoms with Gasteiger partial charge in [-0.3, -0.25) is 19.4 Å². The molecule has 3 aromatic rings. The molecule has 0 bridgehead atoms. The topological polar surface area (TPSA) is 82.6 Å². The lowest BCUT2D eigenvalue weighted by Gasteiger charge is -2.35. The van der Waals surface area contributed by atoms with Crippen LogP contribution in [-0.4, -0.2) is 58.7 Å². The Hall–Kier alpha value is -4.00. The first-order chi connectivity index (χ1) is 16.6. The molecule has 174 valence electrons. The highest BCUT2D eigenvalue weighted by molar-refractivity contribution is 6.05. The summed E-state index contributed by atoms with van der Waals surface area (Å²) in [5, 5.41) is 2.81. The molecular formula is C27H28N4O3. The van der Waals surface area contributed by atoms with Crippen LogP contribution in [0.4, 0.5) is 5.69 Å². The van der Waals surface area contributed by atoms with Gasteiger partial charge in [0.2, 0.25) is 5.91 Å². The molecule has 3 amide bonds. The summed E-state index contributed by atoms with van der Waals surface area (Å²) < 4.78 is 0. The minimum absolute atomic E-state index is 0.103. The van der Waals surface area contributed by atoms with Gasteiger partial charge in [-0.1, -0.05) is 36.4 Å². The number of pyridine rings is 1. The fourth-order valence-electron chi connectivity index (χ4n) is 4.02. The van der Waals surface area contributed by atoms with Crippen molar-refractivity contribution in [2.75, 3.05) is 31.5 Å². The third-order valence-corrected chi connectivity index (χ3v) is 5.91. The lowest BCUT2D eigenvalue weighted by atomic mass is 10.1. The predicted molar refractivity (Wildman–Crippen MR) is 130 cm³/mol. The van der Waals surface area contributed by atoms with E-state index < -0.39 is 0 Å². The van der Waals surface area contributed by atoms with Crippen LogP contribution in [0.1, 0.15) is 39.1 Å². The van der Waals surface area contributed by atoms with Crippen LogP contribution in [0.5, 0.6) is 0 Å².